The van der Waals surface area contributed by atoms with Gasteiger partial charge in [-0.05, 0) is 31.6 Å². The predicted molar refractivity (Wildman–Crippen MR) is 59.7 cm³/mol. The Kier molecular flexibility index (Phi) is 2.64. The molecule has 0 aliphatic heterocycles. The van der Waals surface area contributed by atoms with Gasteiger partial charge in [0.25, 0.3) is 0 Å². The fourth-order valence-corrected chi connectivity index (χ4v) is 3.40. The highest BCUT2D eigenvalue weighted by Gasteiger charge is 2.55. The fourth-order valence-electron chi connectivity index (χ4n) is 3.40. The van der Waals surface area contributed by atoms with E-state index >= 15 is 0 Å². The summed E-state index contributed by atoms with van der Waals surface area (Å²) in [6.07, 6.45) is 2.74. The van der Waals surface area contributed by atoms with Gasteiger partial charge >= 0.3 is 5.97 Å². The number of ether oxygens (including phenoxy) is 1. The van der Waals surface area contributed by atoms with E-state index in [0.29, 0.717) is 18.8 Å². The number of hydrogen-bond donors (Lipinski definition) is 0. The summed E-state index contributed by atoms with van der Waals surface area (Å²) in [7, 11) is 1.36. The summed E-state index contributed by atoms with van der Waals surface area (Å²) in [5.41, 5.74) is 0.105. The third-order valence-corrected chi connectivity index (χ3v) is 3.89. The van der Waals surface area contributed by atoms with Crippen molar-refractivity contribution in [3.8, 4) is 0 Å². The zero-order valence-corrected chi connectivity index (χ0v) is 9.91. The minimum Gasteiger partial charge on any atom is -0.468 e. The molecule has 2 saturated carbocycles. The van der Waals surface area contributed by atoms with Crippen LogP contribution in [-0.2, 0) is 14.3 Å². The van der Waals surface area contributed by atoms with Crippen molar-refractivity contribution in [2.45, 2.75) is 32.6 Å². The molecule has 0 aromatic heterocycles. The Balaban J connectivity index is 2.40. The first-order chi connectivity index (χ1) is 7.49. The third-order valence-electron chi connectivity index (χ3n) is 3.89. The average molecular weight is 222 g/mol. The van der Waals surface area contributed by atoms with E-state index < -0.39 is 5.41 Å². The summed E-state index contributed by atoms with van der Waals surface area (Å²) in [6, 6.07) is 0. The highest BCUT2D eigenvalue weighted by Crippen LogP contribution is 2.50. The van der Waals surface area contributed by atoms with E-state index in [4.69, 9.17) is 4.74 Å². The fraction of sp³-hybridized carbons (Fsp3) is 0.692. The molecule has 2 aliphatic rings. The highest BCUT2D eigenvalue weighted by molar-refractivity contribution is 6.06. The number of methoxy groups -OCH3 is 1. The van der Waals surface area contributed by atoms with Crippen LogP contribution < -0.4 is 0 Å². The smallest absolute Gasteiger partial charge is 0.319 e. The molecule has 0 saturated heterocycles. The number of carbonyl (C=O) groups is 2. The van der Waals surface area contributed by atoms with E-state index in [-0.39, 0.29) is 17.7 Å². The van der Waals surface area contributed by atoms with E-state index in [1.807, 2.05) is 0 Å². The Morgan fingerprint density at radius 2 is 2.25 bits per heavy atom. The van der Waals surface area contributed by atoms with Crippen LogP contribution in [0, 0.1) is 17.3 Å². The van der Waals surface area contributed by atoms with Gasteiger partial charge in [-0.1, -0.05) is 19.1 Å². The van der Waals surface area contributed by atoms with E-state index in [1.165, 1.54) is 7.11 Å². The number of carbonyl (C=O) groups excluding carboxylic acids is 2. The summed E-state index contributed by atoms with van der Waals surface area (Å²) < 4.78 is 4.83. The van der Waals surface area contributed by atoms with Crippen molar-refractivity contribution in [1.82, 2.24) is 0 Å². The molecule has 16 heavy (non-hydrogen) atoms. The molecule has 0 radical (unpaired) electrons. The molecule has 2 fully saturated rings. The number of rotatable bonds is 1. The van der Waals surface area contributed by atoms with Crippen LogP contribution in [0.5, 0.6) is 0 Å². The van der Waals surface area contributed by atoms with Gasteiger partial charge < -0.3 is 4.74 Å². The van der Waals surface area contributed by atoms with Gasteiger partial charge in [0.05, 0.1) is 7.11 Å². The van der Waals surface area contributed by atoms with Gasteiger partial charge in [0, 0.05) is 5.92 Å². The lowest BCUT2D eigenvalue weighted by Crippen LogP contribution is -2.51. The van der Waals surface area contributed by atoms with Gasteiger partial charge in [-0.2, -0.15) is 0 Å². The first-order valence-corrected chi connectivity index (χ1v) is 5.79. The first kappa shape index (κ1) is 11.4. The zero-order valence-electron chi connectivity index (χ0n) is 9.91. The second kappa shape index (κ2) is 3.72. The molecule has 88 valence electrons. The SMILES string of the molecule is C=C1C[C@H]2C[C@H](C)C[C@@](C(=O)OC)(C1)C2=O. The molecule has 0 aromatic carbocycles. The summed E-state index contributed by atoms with van der Waals surface area (Å²) in [6.45, 7) is 6.06. The van der Waals surface area contributed by atoms with Crippen LogP contribution in [0.4, 0.5) is 0 Å². The minimum atomic E-state index is -0.910. The van der Waals surface area contributed by atoms with Gasteiger partial charge in [0.2, 0.25) is 0 Å². The van der Waals surface area contributed by atoms with Crippen molar-refractivity contribution in [1.29, 1.82) is 0 Å². The lowest BCUT2D eigenvalue weighted by molar-refractivity contribution is -0.165. The molecular weight excluding hydrogens is 204 g/mol. The molecule has 0 spiro atoms. The van der Waals surface area contributed by atoms with Crippen LogP contribution in [0.25, 0.3) is 0 Å². The van der Waals surface area contributed by atoms with Crippen molar-refractivity contribution in [3.05, 3.63) is 12.2 Å². The Bertz CT molecular complexity index is 358. The van der Waals surface area contributed by atoms with E-state index in [9.17, 15) is 9.59 Å². The predicted octanol–water partition coefficient (Wildman–Crippen LogP) is 2.11. The van der Waals surface area contributed by atoms with E-state index in [2.05, 4.69) is 13.5 Å². The number of esters is 1. The summed E-state index contributed by atoms with van der Waals surface area (Å²) in [5.74, 6) is 0.124. The second-order valence-electron chi connectivity index (χ2n) is 5.31. The topological polar surface area (TPSA) is 43.4 Å². The van der Waals surface area contributed by atoms with Crippen molar-refractivity contribution < 1.29 is 14.3 Å². The Labute approximate surface area is 95.9 Å². The number of fused-ring (bicyclic) bond motifs is 2. The minimum absolute atomic E-state index is 0.0101. The normalized spacial score (nSPS) is 38.4. The summed E-state index contributed by atoms with van der Waals surface area (Å²) in [4.78, 5) is 24.2. The second-order valence-corrected chi connectivity index (χ2v) is 5.31. The quantitative estimate of drug-likeness (QED) is 0.388. The van der Waals surface area contributed by atoms with Crippen molar-refractivity contribution in [3.63, 3.8) is 0 Å². The zero-order chi connectivity index (χ0) is 11.9. The number of ketones is 1. The molecule has 0 aromatic rings. The third kappa shape index (κ3) is 1.49. The number of Topliss-reactive ketones (excluding diaryl/α,β-unsaturated/α-hetero) is 1. The molecular formula is C13H18O3. The Morgan fingerprint density at radius 1 is 1.56 bits per heavy atom. The van der Waals surface area contributed by atoms with Crippen LogP contribution in [0.15, 0.2) is 12.2 Å². The van der Waals surface area contributed by atoms with Gasteiger partial charge in [-0.25, -0.2) is 0 Å². The molecule has 2 rings (SSSR count). The lowest BCUT2D eigenvalue weighted by Gasteiger charge is -2.44. The van der Waals surface area contributed by atoms with Crippen LogP contribution in [0.3, 0.4) is 0 Å². The van der Waals surface area contributed by atoms with E-state index in [1.54, 1.807) is 0 Å². The highest BCUT2D eigenvalue weighted by atomic mass is 16.5. The summed E-state index contributed by atoms with van der Waals surface area (Å²) >= 11 is 0. The number of allylic oxidation sites excluding steroid dienone is 1. The number of hydrogen-bond acceptors (Lipinski definition) is 3. The average Bonchev–Trinajstić information content (AvgIpc) is 2.20. The van der Waals surface area contributed by atoms with Gasteiger partial charge in [-0.15, -0.1) is 0 Å². The van der Waals surface area contributed by atoms with Gasteiger partial charge in [0.1, 0.15) is 5.41 Å². The lowest BCUT2D eigenvalue weighted by atomic mass is 9.57. The molecule has 3 heteroatoms. The summed E-state index contributed by atoms with van der Waals surface area (Å²) in [5, 5.41) is 0. The van der Waals surface area contributed by atoms with Gasteiger partial charge in [0.15, 0.2) is 5.78 Å². The molecule has 0 unspecified atom stereocenters. The monoisotopic (exact) mass is 222 g/mol. The first-order valence-electron chi connectivity index (χ1n) is 5.79. The standard InChI is InChI=1S/C13H18O3/c1-8-4-10-5-9(2)7-13(6-8,11(10)14)12(15)16-3/h9-10H,1,4-7H2,2-3H3/t9-,10-,13-/m0/s1. The molecule has 2 bridgehead atoms. The molecule has 0 amide bonds. The molecule has 3 nitrogen and oxygen atoms in total. The Morgan fingerprint density at radius 3 is 2.88 bits per heavy atom. The van der Waals surface area contributed by atoms with Crippen LogP contribution in [0.1, 0.15) is 32.6 Å². The largest absolute Gasteiger partial charge is 0.468 e. The molecule has 2 aliphatic carbocycles. The van der Waals surface area contributed by atoms with Gasteiger partial charge in [-0.3, -0.25) is 9.59 Å². The maximum absolute atomic E-state index is 12.3. The van der Waals surface area contributed by atoms with Crippen LogP contribution >= 0.6 is 0 Å². The van der Waals surface area contributed by atoms with Crippen molar-refractivity contribution >= 4 is 11.8 Å². The van der Waals surface area contributed by atoms with Crippen molar-refractivity contribution in [2.75, 3.05) is 7.11 Å². The maximum atomic E-state index is 12.3. The maximum Gasteiger partial charge on any atom is 0.319 e. The van der Waals surface area contributed by atoms with Crippen LogP contribution in [0.2, 0.25) is 0 Å². The molecule has 3 atom stereocenters. The van der Waals surface area contributed by atoms with Crippen molar-refractivity contribution in [2.24, 2.45) is 17.3 Å². The van der Waals surface area contributed by atoms with E-state index in [0.717, 1.165) is 18.4 Å². The van der Waals surface area contributed by atoms with Crippen LogP contribution in [-0.4, -0.2) is 18.9 Å². The molecule has 0 N–H and O–H groups in total. The Hall–Kier alpha value is -1.12. The molecule has 0 heterocycles.